The summed E-state index contributed by atoms with van der Waals surface area (Å²) in [7, 11) is 0. The lowest BCUT2D eigenvalue weighted by atomic mass is 10.2. The maximum Gasteiger partial charge on any atom is 0.442 e. The molecule has 0 aliphatic heterocycles. The van der Waals surface area contributed by atoms with Crippen molar-refractivity contribution in [3.63, 3.8) is 0 Å². The van der Waals surface area contributed by atoms with E-state index in [1.807, 2.05) is 17.5 Å². The fourth-order valence-electron chi connectivity index (χ4n) is 2.02. The van der Waals surface area contributed by atoms with Gasteiger partial charge in [0.2, 0.25) is 5.91 Å². The van der Waals surface area contributed by atoms with E-state index < -0.39 is 11.7 Å². The summed E-state index contributed by atoms with van der Waals surface area (Å²) < 4.78 is 5.79. The molecule has 3 aromatic rings. The Hall–Kier alpha value is -2.89. The van der Waals surface area contributed by atoms with Crippen LogP contribution < -0.4 is 11.1 Å². The second-order valence-electron chi connectivity index (χ2n) is 4.69. The van der Waals surface area contributed by atoms with Crippen molar-refractivity contribution in [2.24, 2.45) is 0 Å². The number of hydrogen-bond donors (Lipinski definition) is 1. The van der Waals surface area contributed by atoms with E-state index in [0.29, 0.717) is 17.1 Å². The number of hydrogen-bond acceptors (Lipinski definition) is 6. The van der Waals surface area contributed by atoms with Crippen molar-refractivity contribution in [3.05, 3.63) is 56.8 Å². The van der Waals surface area contributed by atoms with Gasteiger partial charge in [0, 0.05) is 5.69 Å². The zero-order valence-electron chi connectivity index (χ0n) is 12.0. The predicted molar refractivity (Wildman–Crippen MR) is 88.9 cm³/mol. The molecular weight excluding hydrogens is 352 g/mol. The van der Waals surface area contributed by atoms with Crippen LogP contribution in [0.5, 0.6) is 0 Å². The SMILES string of the molecule is N#Cc1ccc(NC(=O)Cn2c(-c3cccs3)noc2=O)cc1Cl. The number of amides is 1. The molecule has 1 N–H and O–H groups in total. The minimum atomic E-state index is -0.716. The molecule has 0 atom stereocenters. The van der Waals surface area contributed by atoms with Crippen molar-refractivity contribution < 1.29 is 9.32 Å². The van der Waals surface area contributed by atoms with Gasteiger partial charge in [0.1, 0.15) is 12.6 Å². The van der Waals surface area contributed by atoms with Gasteiger partial charge in [-0.1, -0.05) is 22.8 Å². The first-order chi connectivity index (χ1) is 11.6. The number of thiophene rings is 1. The molecule has 0 saturated carbocycles. The van der Waals surface area contributed by atoms with E-state index in [1.54, 1.807) is 12.1 Å². The lowest BCUT2D eigenvalue weighted by molar-refractivity contribution is -0.116. The Kier molecular flexibility index (Phi) is 4.46. The molecule has 0 aliphatic rings. The number of nitrogens with one attached hydrogen (secondary N) is 1. The van der Waals surface area contributed by atoms with Crippen LogP contribution >= 0.6 is 22.9 Å². The Morgan fingerprint density at radius 1 is 1.46 bits per heavy atom. The quantitative estimate of drug-likeness (QED) is 0.770. The standard InChI is InChI=1S/C15H9ClN4O3S/c16-11-6-10(4-3-9(11)7-17)18-13(21)8-20-14(19-23-15(20)22)12-2-1-5-24-12/h1-6H,8H2,(H,18,21). The van der Waals surface area contributed by atoms with Gasteiger partial charge in [0.15, 0.2) is 5.82 Å². The van der Waals surface area contributed by atoms with Crippen LogP contribution in [-0.2, 0) is 11.3 Å². The summed E-state index contributed by atoms with van der Waals surface area (Å²) >= 11 is 7.30. The number of halogens is 1. The number of aromatic nitrogens is 2. The average Bonchev–Trinajstić information content (AvgIpc) is 3.18. The van der Waals surface area contributed by atoms with Gasteiger partial charge in [-0.3, -0.25) is 9.32 Å². The molecule has 7 nitrogen and oxygen atoms in total. The van der Waals surface area contributed by atoms with E-state index in [0.717, 1.165) is 9.44 Å². The highest BCUT2D eigenvalue weighted by Crippen LogP contribution is 2.22. The van der Waals surface area contributed by atoms with Crippen molar-refractivity contribution in [1.82, 2.24) is 9.72 Å². The smallest absolute Gasteiger partial charge is 0.324 e. The lowest BCUT2D eigenvalue weighted by Crippen LogP contribution is -2.25. The third-order valence-electron chi connectivity index (χ3n) is 3.10. The van der Waals surface area contributed by atoms with Gasteiger partial charge in [0.05, 0.1) is 15.5 Å². The monoisotopic (exact) mass is 360 g/mol. The zero-order valence-corrected chi connectivity index (χ0v) is 13.6. The van der Waals surface area contributed by atoms with E-state index in [2.05, 4.69) is 15.0 Å². The molecule has 120 valence electrons. The molecule has 0 unspecified atom stereocenters. The van der Waals surface area contributed by atoms with E-state index >= 15 is 0 Å². The molecule has 0 aliphatic carbocycles. The highest BCUT2D eigenvalue weighted by molar-refractivity contribution is 7.13. The van der Waals surface area contributed by atoms with E-state index in [1.165, 1.54) is 23.5 Å². The molecule has 3 rings (SSSR count). The molecule has 24 heavy (non-hydrogen) atoms. The second-order valence-corrected chi connectivity index (χ2v) is 6.05. The highest BCUT2D eigenvalue weighted by atomic mass is 35.5. The zero-order chi connectivity index (χ0) is 17.1. The molecule has 0 saturated heterocycles. The predicted octanol–water partition coefficient (Wildman–Crippen LogP) is 2.73. The summed E-state index contributed by atoms with van der Waals surface area (Å²) in [5.74, 6) is -0.867. The average molecular weight is 361 g/mol. The van der Waals surface area contributed by atoms with Crippen molar-refractivity contribution in [3.8, 4) is 16.8 Å². The minimum absolute atomic E-state index is 0.233. The van der Waals surface area contributed by atoms with Crippen LogP contribution in [0.2, 0.25) is 5.02 Å². The van der Waals surface area contributed by atoms with Gasteiger partial charge in [0.25, 0.3) is 0 Å². The second kappa shape index (κ2) is 6.70. The van der Waals surface area contributed by atoms with Gasteiger partial charge >= 0.3 is 5.76 Å². The first-order valence-corrected chi connectivity index (χ1v) is 7.94. The number of rotatable bonds is 4. The maximum absolute atomic E-state index is 12.2. The van der Waals surface area contributed by atoms with Crippen LogP contribution in [0.3, 0.4) is 0 Å². The number of carbonyl (C=O) groups is 1. The fourth-order valence-corrected chi connectivity index (χ4v) is 2.95. The fraction of sp³-hybridized carbons (Fsp3) is 0.0667. The highest BCUT2D eigenvalue weighted by Gasteiger charge is 2.16. The van der Waals surface area contributed by atoms with Crippen LogP contribution in [-0.4, -0.2) is 15.6 Å². The van der Waals surface area contributed by atoms with E-state index in [4.69, 9.17) is 16.9 Å². The molecule has 0 spiro atoms. The number of nitrogens with zero attached hydrogens (tertiary/aromatic N) is 3. The maximum atomic E-state index is 12.2. The third-order valence-corrected chi connectivity index (χ3v) is 4.28. The third kappa shape index (κ3) is 3.22. The van der Waals surface area contributed by atoms with Gasteiger partial charge in [-0.2, -0.15) is 5.26 Å². The van der Waals surface area contributed by atoms with Gasteiger partial charge < -0.3 is 5.32 Å². The summed E-state index contributed by atoms with van der Waals surface area (Å²) in [6.07, 6.45) is 0. The molecule has 0 fully saturated rings. The lowest BCUT2D eigenvalue weighted by Gasteiger charge is -2.07. The van der Waals surface area contributed by atoms with Crippen molar-refractivity contribution in [2.75, 3.05) is 5.32 Å². The van der Waals surface area contributed by atoms with Gasteiger partial charge in [-0.05, 0) is 29.6 Å². The van der Waals surface area contributed by atoms with Crippen molar-refractivity contribution in [1.29, 1.82) is 5.26 Å². The Morgan fingerprint density at radius 2 is 2.29 bits per heavy atom. The largest absolute Gasteiger partial charge is 0.442 e. The molecule has 0 radical (unpaired) electrons. The molecule has 0 bridgehead atoms. The number of anilines is 1. The Bertz CT molecular complexity index is 985. The molecule has 1 amide bonds. The van der Waals surface area contributed by atoms with Crippen LogP contribution in [0.15, 0.2) is 45.0 Å². The van der Waals surface area contributed by atoms with Crippen LogP contribution in [0.4, 0.5) is 5.69 Å². The van der Waals surface area contributed by atoms with Crippen molar-refractivity contribution in [2.45, 2.75) is 6.54 Å². The molecule has 2 heterocycles. The van der Waals surface area contributed by atoms with Crippen LogP contribution in [0, 0.1) is 11.3 Å². The number of benzene rings is 1. The molecular formula is C15H9ClN4O3S. The molecule has 9 heteroatoms. The molecule has 2 aromatic heterocycles. The normalized spacial score (nSPS) is 10.3. The first kappa shape index (κ1) is 16.0. The summed E-state index contributed by atoms with van der Waals surface area (Å²) in [6, 6.07) is 10.0. The van der Waals surface area contributed by atoms with E-state index in [9.17, 15) is 9.59 Å². The van der Waals surface area contributed by atoms with Gasteiger partial charge in [-0.15, -0.1) is 11.3 Å². The van der Waals surface area contributed by atoms with Crippen LogP contribution in [0.25, 0.3) is 10.7 Å². The molecule has 1 aromatic carbocycles. The Balaban J connectivity index is 1.79. The first-order valence-electron chi connectivity index (χ1n) is 6.68. The topological polar surface area (TPSA) is 101 Å². The number of carbonyl (C=O) groups excluding carboxylic acids is 1. The number of nitriles is 1. The minimum Gasteiger partial charge on any atom is -0.324 e. The van der Waals surface area contributed by atoms with Gasteiger partial charge in [-0.25, -0.2) is 9.36 Å². The summed E-state index contributed by atoms with van der Waals surface area (Å²) in [5.41, 5.74) is 0.732. The van der Waals surface area contributed by atoms with Crippen LogP contribution in [0.1, 0.15) is 5.56 Å². The summed E-state index contributed by atoms with van der Waals surface area (Å²) in [5, 5.41) is 17.2. The Labute approximate surface area is 144 Å². The summed E-state index contributed by atoms with van der Waals surface area (Å²) in [6.45, 7) is -0.257. The summed E-state index contributed by atoms with van der Waals surface area (Å²) in [4.78, 5) is 24.7. The Morgan fingerprint density at radius 3 is 2.96 bits per heavy atom. The van der Waals surface area contributed by atoms with E-state index in [-0.39, 0.29) is 11.6 Å². The van der Waals surface area contributed by atoms with Crippen molar-refractivity contribution >= 4 is 34.5 Å².